The Labute approximate surface area is 176 Å². The van der Waals surface area contributed by atoms with E-state index in [2.05, 4.69) is 34.3 Å². The number of anilines is 1. The van der Waals surface area contributed by atoms with Gasteiger partial charge in [0.2, 0.25) is 0 Å². The number of rotatable bonds is 4. The molecule has 1 aromatic heterocycles. The molecule has 156 valence electrons. The normalized spacial score (nSPS) is 13.0. The van der Waals surface area contributed by atoms with Gasteiger partial charge in [0.25, 0.3) is 0 Å². The minimum atomic E-state index is -4.71. The third-order valence-corrected chi connectivity index (χ3v) is 5.23. The van der Waals surface area contributed by atoms with Crippen LogP contribution in [0.4, 0.5) is 19.0 Å². The molecule has 0 unspecified atom stereocenters. The van der Waals surface area contributed by atoms with E-state index in [0.717, 1.165) is 46.7 Å². The lowest BCUT2D eigenvalue weighted by Crippen LogP contribution is -2.17. The van der Waals surface area contributed by atoms with Crippen LogP contribution in [-0.4, -0.2) is 22.7 Å². The van der Waals surface area contributed by atoms with Crippen molar-refractivity contribution in [1.29, 1.82) is 0 Å². The van der Waals surface area contributed by atoms with E-state index in [1.807, 2.05) is 30.3 Å². The second-order valence-electron chi connectivity index (χ2n) is 7.25. The van der Waals surface area contributed by atoms with Gasteiger partial charge in [-0.2, -0.15) is 5.10 Å². The second kappa shape index (κ2) is 7.50. The van der Waals surface area contributed by atoms with Gasteiger partial charge in [0, 0.05) is 17.7 Å². The fraction of sp³-hybridized carbons (Fsp3) is 0.125. The number of hydrogen-bond acceptors (Lipinski definition) is 3. The van der Waals surface area contributed by atoms with E-state index < -0.39 is 6.36 Å². The molecule has 0 aliphatic carbocycles. The number of fused-ring (bicyclic) bond motifs is 1. The number of nitrogens with one attached hydrogen (secondary N) is 1. The van der Waals surface area contributed by atoms with Crippen LogP contribution in [0.15, 0.2) is 78.9 Å². The molecule has 1 N–H and O–H groups in total. The van der Waals surface area contributed by atoms with Crippen molar-refractivity contribution in [3.63, 3.8) is 0 Å². The zero-order valence-corrected chi connectivity index (χ0v) is 16.4. The van der Waals surface area contributed by atoms with Crippen LogP contribution in [0, 0.1) is 0 Å². The maximum Gasteiger partial charge on any atom is 0.573 e. The second-order valence-corrected chi connectivity index (χ2v) is 7.25. The number of ether oxygens (including phenoxy) is 1. The molecule has 0 radical (unpaired) electrons. The summed E-state index contributed by atoms with van der Waals surface area (Å²) in [5.74, 6) is 0.608. The maximum absolute atomic E-state index is 12.4. The third kappa shape index (κ3) is 3.86. The van der Waals surface area contributed by atoms with Gasteiger partial charge < -0.3 is 10.1 Å². The fourth-order valence-electron chi connectivity index (χ4n) is 3.83. The average Bonchev–Trinajstić information content (AvgIpc) is 3.37. The van der Waals surface area contributed by atoms with Gasteiger partial charge in [-0.3, -0.25) is 0 Å². The summed E-state index contributed by atoms with van der Waals surface area (Å²) in [4.78, 5) is 0. The van der Waals surface area contributed by atoms with Crippen molar-refractivity contribution in [2.75, 3.05) is 11.9 Å². The van der Waals surface area contributed by atoms with E-state index in [-0.39, 0.29) is 5.75 Å². The predicted octanol–water partition coefficient (Wildman–Crippen LogP) is 6.07. The number of hydrogen-bond donors (Lipinski definition) is 1. The highest BCUT2D eigenvalue weighted by Crippen LogP contribution is 2.36. The van der Waals surface area contributed by atoms with Crippen LogP contribution in [0.3, 0.4) is 0 Å². The summed E-state index contributed by atoms with van der Waals surface area (Å²) in [6, 6.07) is 24.1. The van der Waals surface area contributed by atoms with Crippen molar-refractivity contribution in [3.05, 3.63) is 84.4 Å². The molecule has 0 bridgehead atoms. The summed E-state index contributed by atoms with van der Waals surface area (Å²) in [7, 11) is 0. The minimum Gasteiger partial charge on any atom is -0.406 e. The Hall–Kier alpha value is -3.74. The summed E-state index contributed by atoms with van der Waals surface area (Å²) < 4.78 is 43.0. The lowest BCUT2D eigenvalue weighted by Gasteiger charge is -2.10. The molecule has 3 aromatic carbocycles. The van der Waals surface area contributed by atoms with Gasteiger partial charge in [-0.25, -0.2) is 4.68 Å². The molecule has 4 aromatic rings. The van der Waals surface area contributed by atoms with Gasteiger partial charge in [0.15, 0.2) is 0 Å². The van der Waals surface area contributed by atoms with Gasteiger partial charge in [-0.15, -0.1) is 13.2 Å². The number of alkyl halides is 3. The molecule has 0 fully saturated rings. The van der Waals surface area contributed by atoms with Crippen LogP contribution in [0.25, 0.3) is 28.1 Å². The first kappa shape index (κ1) is 19.2. The predicted molar refractivity (Wildman–Crippen MR) is 113 cm³/mol. The molecular formula is C24H18F3N3O. The van der Waals surface area contributed by atoms with Gasteiger partial charge in [-0.05, 0) is 41.8 Å². The molecule has 0 atom stereocenters. The van der Waals surface area contributed by atoms with Gasteiger partial charge in [0.05, 0.1) is 11.4 Å². The first-order chi connectivity index (χ1) is 15.0. The summed E-state index contributed by atoms with van der Waals surface area (Å²) >= 11 is 0. The Morgan fingerprint density at radius 1 is 0.806 bits per heavy atom. The molecule has 1 aliphatic rings. The molecule has 0 spiro atoms. The number of halogens is 3. The SMILES string of the molecule is FC(F)(F)Oc1ccc(-n2nc(-c3ccc(-c4ccccc4)cc3)c3c2NCC3)cc1. The Morgan fingerprint density at radius 2 is 1.45 bits per heavy atom. The van der Waals surface area contributed by atoms with Gasteiger partial charge >= 0.3 is 6.36 Å². The average molecular weight is 421 g/mol. The number of aromatic nitrogens is 2. The fourth-order valence-corrected chi connectivity index (χ4v) is 3.83. The highest BCUT2D eigenvalue weighted by Gasteiger charge is 2.31. The van der Waals surface area contributed by atoms with Crippen molar-refractivity contribution in [2.24, 2.45) is 0 Å². The van der Waals surface area contributed by atoms with Crippen LogP contribution < -0.4 is 10.1 Å². The van der Waals surface area contributed by atoms with Crippen LogP contribution in [0.2, 0.25) is 0 Å². The molecule has 31 heavy (non-hydrogen) atoms. The Morgan fingerprint density at radius 3 is 2.13 bits per heavy atom. The Balaban J connectivity index is 1.48. The molecule has 1 aliphatic heterocycles. The first-order valence-corrected chi connectivity index (χ1v) is 9.86. The van der Waals surface area contributed by atoms with Crippen molar-refractivity contribution in [3.8, 4) is 33.8 Å². The van der Waals surface area contributed by atoms with E-state index in [9.17, 15) is 13.2 Å². The number of nitrogens with zero attached hydrogens (tertiary/aromatic N) is 2. The van der Waals surface area contributed by atoms with Crippen molar-refractivity contribution >= 4 is 5.82 Å². The quantitative estimate of drug-likeness (QED) is 0.435. The highest BCUT2D eigenvalue weighted by molar-refractivity contribution is 5.75. The zero-order valence-electron chi connectivity index (χ0n) is 16.4. The van der Waals surface area contributed by atoms with Crippen molar-refractivity contribution in [2.45, 2.75) is 12.8 Å². The van der Waals surface area contributed by atoms with E-state index >= 15 is 0 Å². The van der Waals surface area contributed by atoms with Crippen LogP contribution in [0.5, 0.6) is 5.75 Å². The largest absolute Gasteiger partial charge is 0.573 e. The summed E-state index contributed by atoms with van der Waals surface area (Å²) in [5.41, 5.74) is 5.90. The monoisotopic (exact) mass is 421 g/mol. The third-order valence-electron chi connectivity index (χ3n) is 5.23. The van der Waals surface area contributed by atoms with E-state index in [1.54, 1.807) is 16.8 Å². The lowest BCUT2D eigenvalue weighted by molar-refractivity contribution is -0.274. The Kier molecular flexibility index (Phi) is 4.66. The van der Waals surface area contributed by atoms with Crippen LogP contribution >= 0.6 is 0 Å². The Bertz CT molecular complexity index is 1200. The zero-order chi connectivity index (χ0) is 21.4. The van der Waals surface area contributed by atoms with E-state index in [1.165, 1.54) is 12.1 Å². The summed E-state index contributed by atoms with van der Waals surface area (Å²) in [5, 5.41) is 8.11. The molecule has 4 nitrogen and oxygen atoms in total. The van der Waals surface area contributed by atoms with Crippen LogP contribution in [0.1, 0.15) is 5.56 Å². The van der Waals surface area contributed by atoms with E-state index in [0.29, 0.717) is 5.69 Å². The molecule has 2 heterocycles. The molecule has 0 saturated carbocycles. The van der Waals surface area contributed by atoms with E-state index in [4.69, 9.17) is 5.10 Å². The molecule has 0 amide bonds. The molecular weight excluding hydrogens is 403 g/mol. The maximum atomic E-state index is 12.4. The number of benzene rings is 3. The van der Waals surface area contributed by atoms with Gasteiger partial charge in [-0.1, -0.05) is 54.6 Å². The smallest absolute Gasteiger partial charge is 0.406 e. The van der Waals surface area contributed by atoms with Crippen LogP contribution in [-0.2, 0) is 6.42 Å². The topological polar surface area (TPSA) is 39.1 Å². The van der Waals surface area contributed by atoms with Gasteiger partial charge in [0.1, 0.15) is 11.6 Å². The first-order valence-electron chi connectivity index (χ1n) is 9.86. The van der Waals surface area contributed by atoms with Crippen molar-refractivity contribution in [1.82, 2.24) is 9.78 Å². The highest BCUT2D eigenvalue weighted by atomic mass is 19.4. The van der Waals surface area contributed by atoms with Crippen molar-refractivity contribution < 1.29 is 17.9 Å². The standard InChI is InChI=1S/C24H18F3N3O/c25-24(26,27)31-20-12-10-19(11-13-20)30-23-21(14-15-28-23)22(29-30)18-8-6-17(7-9-18)16-4-2-1-3-5-16/h1-13,28H,14-15H2. The lowest BCUT2D eigenvalue weighted by atomic mass is 10.0. The molecule has 7 heteroatoms. The summed E-state index contributed by atoms with van der Waals surface area (Å²) in [6.45, 7) is 0.789. The minimum absolute atomic E-state index is 0.260. The molecule has 5 rings (SSSR count). The summed E-state index contributed by atoms with van der Waals surface area (Å²) in [6.07, 6.45) is -3.88. The molecule has 0 saturated heterocycles.